The van der Waals surface area contributed by atoms with Crippen molar-refractivity contribution in [2.75, 3.05) is 31.6 Å². The normalized spacial score (nSPS) is 15.2. The zero-order valence-electron chi connectivity index (χ0n) is 12.2. The van der Waals surface area contributed by atoms with Gasteiger partial charge in [-0.05, 0) is 24.3 Å². The first kappa shape index (κ1) is 17.0. The second kappa shape index (κ2) is 6.82. The molecule has 8 heteroatoms. The molecule has 0 spiro atoms. The van der Waals surface area contributed by atoms with Crippen molar-refractivity contribution in [1.29, 1.82) is 0 Å². The number of benzene rings is 1. The summed E-state index contributed by atoms with van der Waals surface area (Å²) in [7, 11) is 0. The highest BCUT2D eigenvalue weighted by molar-refractivity contribution is 6.01. The summed E-state index contributed by atoms with van der Waals surface area (Å²) in [6.45, 7) is 4.53. The maximum Gasteiger partial charge on any atom is 0.416 e. The Labute approximate surface area is 130 Å². The average molecular weight is 328 g/mol. The second-order valence-corrected chi connectivity index (χ2v) is 4.89. The van der Waals surface area contributed by atoms with Gasteiger partial charge in [0.1, 0.15) is 0 Å². The number of morpholine rings is 1. The monoisotopic (exact) mass is 328 g/mol. The van der Waals surface area contributed by atoms with E-state index in [1.807, 2.05) is 0 Å². The van der Waals surface area contributed by atoms with Crippen LogP contribution in [0.25, 0.3) is 0 Å². The van der Waals surface area contributed by atoms with Crippen LogP contribution in [0.1, 0.15) is 15.9 Å². The number of hydrogen-bond donors (Lipinski definition) is 1. The molecule has 23 heavy (non-hydrogen) atoms. The number of anilines is 1. The third kappa shape index (κ3) is 4.32. The van der Waals surface area contributed by atoms with E-state index in [2.05, 4.69) is 11.9 Å². The van der Waals surface area contributed by atoms with E-state index in [-0.39, 0.29) is 11.3 Å². The Kier molecular flexibility index (Phi) is 5.05. The predicted octanol–water partition coefficient (Wildman–Crippen LogP) is 2.30. The van der Waals surface area contributed by atoms with E-state index in [1.165, 1.54) is 11.0 Å². The Morgan fingerprint density at radius 1 is 1.22 bits per heavy atom. The summed E-state index contributed by atoms with van der Waals surface area (Å²) in [6.07, 6.45) is -3.70. The molecule has 1 aromatic rings. The number of carbonyl (C=O) groups excluding carboxylic acids is 2. The number of amides is 2. The zero-order chi connectivity index (χ0) is 17.0. The molecule has 0 aromatic heterocycles. The molecule has 0 unspecified atom stereocenters. The summed E-state index contributed by atoms with van der Waals surface area (Å²) in [5.74, 6) is -1.19. The fourth-order valence-corrected chi connectivity index (χ4v) is 2.13. The van der Waals surface area contributed by atoms with Crippen molar-refractivity contribution < 1.29 is 27.5 Å². The molecule has 1 aromatic carbocycles. The van der Waals surface area contributed by atoms with E-state index in [0.29, 0.717) is 26.3 Å². The van der Waals surface area contributed by atoms with Crippen molar-refractivity contribution in [1.82, 2.24) is 4.90 Å². The lowest BCUT2D eigenvalue weighted by Crippen LogP contribution is -2.40. The molecule has 2 rings (SSSR count). The Balaban J connectivity index is 2.36. The summed E-state index contributed by atoms with van der Waals surface area (Å²) in [4.78, 5) is 25.1. The van der Waals surface area contributed by atoms with Gasteiger partial charge in [0.25, 0.3) is 5.91 Å². The highest BCUT2D eigenvalue weighted by Gasteiger charge is 2.32. The summed E-state index contributed by atoms with van der Waals surface area (Å²) < 4.78 is 44.1. The van der Waals surface area contributed by atoms with Gasteiger partial charge >= 0.3 is 6.18 Å². The molecule has 1 fully saturated rings. The topological polar surface area (TPSA) is 58.6 Å². The lowest BCUT2D eigenvalue weighted by Gasteiger charge is -2.27. The molecular weight excluding hydrogens is 313 g/mol. The Hall–Kier alpha value is -2.35. The molecule has 1 saturated heterocycles. The minimum absolute atomic E-state index is 0.110. The first-order chi connectivity index (χ1) is 10.8. The van der Waals surface area contributed by atoms with Gasteiger partial charge in [0.2, 0.25) is 5.91 Å². The molecule has 1 heterocycles. The van der Waals surface area contributed by atoms with Crippen LogP contribution in [0.4, 0.5) is 18.9 Å². The minimum Gasteiger partial charge on any atom is -0.378 e. The van der Waals surface area contributed by atoms with Crippen LogP contribution in [0.3, 0.4) is 0 Å². The van der Waals surface area contributed by atoms with Crippen molar-refractivity contribution in [3.05, 3.63) is 42.0 Å². The smallest absolute Gasteiger partial charge is 0.378 e. The highest BCUT2D eigenvalue weighted by Crippen LogP contribution is 2.32. The van der Waals surface area contributed by atoms with Crippen molar-refractivity contribution >= 4 is 17.5 Å². The quantitative estimate of drug-likeness (QED) is 0.866. The van der Waals surface area contributed by atoms with Gasteiger partial charge in [-0.15, -0.1) is 0 Å². The average Bonchev–Trinajstić information content (AvgIpc) is 2.53. The van der Waals surface area contributed by atoms with Crippen LogP contribution < -0.4 is 5.32 Å². The van der Waals surface area contributed by atoms with Gasteiger partial charge in [-0.3, -0.25) is 9.59 Å². The fraction of sp³-hybridized carbons (Fsp3) is 0.333. The van der Waals surface area contributed by atoms with Gasteiger partial charge in [-0.2, -0.15) is 13.2 Å². The number of nitrogens with one attached hydrogen (secondary N) is 1. The molecular formula is C15H15F3N2O3. The van der Waals surface area contributed by atoms with Crippen LogP contribution in [0, 0.1) is 0 Å². The van der Waals surface area contributed by atoms with E-state index in [0.717, 1.165) is 18.2 Å². The van der Waals surface area contributed by atoms with Crippen LogP contribution in [0.2, 0.25) is 0 Å². The van der Waals surface area contributed by atoms with Gasteiger partial charge < -0.3 is 15.0 Å². The summed E-state index contributed by atoms with van der Waals surface area (Å²) in [5.41, 5.74) is -1.25. The number of nitrogens with zero attached hydrogens (tertiary/aromatic N) is 1. The Morgan fingerprint density at radius 2 is 1.87 bits per heavy atom. The SMILES string of the molecule is C=CC(=O)Nc1cc(C(=O)N2CCOCC2)cc(C(F)(F)F)c1. The standard InChI is InChI=1S/C15H15F3N2O3/c1-2-13(21)19-12-8-10(7-11(9-12)15(16,17)18)14(22)20-3-5-23-6-4-20/h2,7-9H,1,3-6H2,(H,19,21). The van der Waals surface area contributed by atoms with Gasteiger partial charge in [0, 0.05) is 24.3 Å². The van der Waals surface area contributed by atoms with Gasteiger partial charge in [-0.25, -0.2) is 0 Å². The maximum absolute atomic E-state index is 13.0. The largest absolute Gasteiger partial charge is 0.416 e. The Bertz CT molecular complexity index is 623. The van der Waals surface area contributed by atoms with Crippen molar-refractivity contribution in [2.24, 2.45) is 0 Å². The molecule has 124 valence electrons. The first-order valence-corrected chi connectivity index (χ1v) is 6.84. The number of hydrogen-bond acceptors (Lipinski definition) is 3. The first-order valence-electron chi connectivity index (χ1n) is 6.84. The number of alkyl halides is 3. The molecule has 2 amide bonds. The summed E-state index contributed by atoms with van der Waals surface area (Å²) in [5, 5.41) is 2.25. The van der Waals surface area contributed by atoms with Crippen LogP contribution in [0.15, 0.2) is 30.9 Å². The van der Waals surface area contributed by atoms with Crippen LogP contribution in [0.5, 0.6) is 0 Å². The predicted molar refractivity (Wildman–Crippen MR) is 77.0 cm³/mol. The van der Waals surface area contributed by atoms with Crippen LogP contribution in [-0.4, -0.2) is 43.0 Å². The molecule has 0 atom stereocenters. The Morgan fingerprint density at radius 3 is 2.43 bits per heavy atom. The van der Waals surface area contributed by atoms with E-state index in [9.17, 15) is 22.8 Å². The van der Waals surface area contributed by atoms with Gasteiger partial charge in [-0.1, -0.05) is 6.58 Å². The number of ether oxygens (including phenoxy) is 1. The van der Waals surface area contributed by atoms with E-state index in [1.54, 1.807) is 0 Å². The van der Waals surface area contributed by atoms with Crippen molar-refractivity contribution in [3.8, 4) is 0 Å². The third-order valence-corrected chi connectivity index (χ3v) is 3.26. The van der Waals surface area contributed by atoms with Crippen LogP contribution in [-0.2, 0) is 15.7 Å². The number of halogens is 3. The third-order valence-electron chi connectivity index (χ3n) is 3.26. The molecule has 1 aliphatic heterocycles. The van der Waals surface area contributed by atoms with E-state index < -0.39 is 23.6 Å². The van der Waals surface area contributed by atoms with Crippen molar-refractivity contribution in [2.45, 2.75) is 6.18 Å². The van der Waals surface area contributed by atoms with E-state index >= 15 is 0 Å². The number of rotatable bonds is 3. The highest BCUT2D eigenvalue weighted by atomic mass is 19.4. The molecule has 0 bridgehead atoms. The molecule has 0 aliphatic carbocycles. The van der Waals surface area contributed by atoms with E-state index in [4.69, 9.17) is 4.74 Å². The summed E-state index contributed by atoms with van der Waals surface area (Å²) >= 11 is 0. The lowest BCUT2D eigenvalue weighted by atomic mass is 10.1. The molecule has 5 nitrogen and oxygen atoms in total. The second-order valence-electron chi connectivity index (χ2n) is 4.89. The van der Waals surface area contributed by atoms with Gasteiger partial charge in [0.05, 0.1) is 18.8 Å². The maximum atomic E-state index is 13.0. The summed E-state index contributed by atoms with van der Waals surface area (Å²) in [6, 6.07) is 2.77. The fourth-order valence-electron chi connectivity index (χ4n) is 2.13. The van der Waals surface area contributed by atoms with Crippen molar-refractivity contribution in [3.63, 3.8) is 0 Å². The van der Waals surface area contributed by atoms with Gasteiger partial charge in [0.15, 0.2) is 0 Å². The molecule has 0 radical (unpaired) electrons. The number of carbonyl (C=O) groups is 2. The molecule has 1 aliphatic rings. The molecule has 1 N–H and O–H groups in total. The molecule has 0 saturated carbocycles. The zero-order valence-corrected chi connectivity index (χ0v) is 12.2. The minimum atomic E-state index is -4.63. The van der Waals surface area contributed by atoms with Crippen LogP contribution >= 0.6 is 0 Å². The lowest BCUT2D eigenvalue weighted by molar-refractivity contribution is -0.137.